The van der Waals surface area contributed by atoms with Crippen molar-refractivity contribution >= 4 is 11.0 Å². The molecule has 0 fully saturated rings. The Balaban J connectivity index is 1.51. The van der Waals surface area contributed by atoms with Crippen LogP contribution in [0.25, 0.3) is 11.0 Å². The van der Waals surface area contributed by atoms with Crippen molar-refractivity contribution < 1.29 is 4.39 Å². The van der Waals surface area contributed by atoms with Crippen LogP contribution in [0, 0.1) is 5.82 Å². The van der Waals surface area contributed by atoms with Crippen molar-refractivity contribution in [1.82, 2.24) is 14.9 Å². The van der Waals surface area contributed by atoms with Crippen molar-refractivity contribution in [2.45, 2.75) is 25.4 Å². The maximum Gasteiger partial charge on any atom is 0.125 e. The van der Waals surface area contributed by atoms with Gasteiger partial charge in [0.05, 0.1) is 17.6 Å². The Morgan fingerprint density at radius 1 is 1.18 bits per heavy atom. The number of fused-ring (bicyclic) bond motifs is 2. The molecule has 112 valence electrons. The van der Waals surface area contributed by atoms with E-state index in [1.165, 1.54) is 23.3 Å². The van der Waals surface area contributed by atoms with Gasteiger partial charge in [0, 0.05) is 6.04 Å². The summed E-state index contributed by atoms with van der Waals surface area (Å²) in [5.74, 6) is 0.654. The molecule has 0 bridgehead atoms. The Bertz CT molecular complexity index is 799. The molecule has 1 heterocycles. The largest absolute Gasteiger partial charge is 0.341 e. The Morgan fingerprint density at radius 2 is 1.91 bits per heavy atom. The quantitative estimate of drug-likeness (QED) is 0.804. The summed E-state index contributed by atoms with van der Waals surface area (Å²) < 4.78 is 13.2. The van der Waals surface area contributed by atoms with Crippen LogP contribution in [0.3, 0.4) is 0 Å². The molecular formula is C18H18FN3. The minimum atomic E-state index is -0.234. The van der Waals surface area contributed by atoms with Crippen LogP contribution in [0.5, 0.6) is 0 Å². The second kappa shape index (κ2) is 5.21. The number of rotatable bonds is 3. The van der Waals surface area contributed by atoms with E-state index >= 15 is 0 Å². The third kappa shape index (κ3) is 2.40. The van der Waals surface area contributed by atoms with E-state index in [1.807, 2.05) is 0 Å². The lowest BCUT2D eigenvalue weighted by Gasteiger charge is -2.22. The molecular weight excluding hydrogens is 277 g/mol. The molecule has 0 unspecified atom stereocenters. The number of H-pyrrole nitrogens is 1. The third-order valence-electron chi connectivity index (χ3n) is 4.54. The number of nitrogens with zero attached hydrogens (tertiary/aromatic N) is 2. The number of halogens is 1. The number of likely N-dealkylation sites (N-methyl/N-ethyl adjacent to an activating group) is 1. The lowest BCUT2D eigenvalue weighted by Crippen LogP contribution is -2.32. The Labute approximate surface area is 128 Å². The first-order chi connectivity index (χ1) is 10.7. The molecule has 0 amide bonds. The van der Waals surface area contributed by atoms with E-state index in [1.54, 1.807) is 6.07 Å². The SMILES string of the molecule is CN(Cc1nc2ccc(F)cc2[nH]1)C1Cc2ccccc2C1. The first kappa shape index (κ1) is 13.5. The highest BCUT2D eigenvalue weighted by Gasteiger charge is 2.24. The van der Waals surface area contributed by atoms with Crippen LogP contribution in [0.4, 0.5) is 4.39 Å². The van der Waals surface area contributed by atoms with Gasteiger partial charge in [0.15, 0.2) is 0 Å². The second-order valence-corrected chi connectivity index (χ2v) is 6.09. The Kier molecular flexibility index (Phi) is 3.19. The predicted octanol–water partition coefficient (Wildman–Crippen LogP) is 3.30. The molecule has 0 saturated heterocycles. The molecule has 2 aromatic carbocycles. The zero-order valence-electron chi connectivity index (χ0n) is 12.5. The highest BCUT2D eigenvalue weighted by Crippen LogP contribution is 2.25. The maximum atomic E-state index is 13.2. The summed E-state index contributed by atoms with van der Waals surface area (Å²) in [7, 11) is 2.13. The van der Waals surface area contributed by atoms with Gasteiger partial charge in [-0.25, -0.2) is 9.37 Å². The number of nitrogens with one attached hydrogen (secondary N) is 1. The molecule has 0 saturated carbocycles. The normalized spacial score (nSPS) is 14.9. The number of aromatic nitrogens is 2. The van der Waals surface area contributed by atoms with E-state index in [0.717, 1.165) is 36.2 Å². The predicted molar refractivity (Wildman–Crippen MR) is 85.2 cm³/mol. The van der Waals surface area contributed by atoms with E-state index in [-0.39, 0.29) is 5.82 Å². The molecule has 0 spiro atoms. The van der Waals surface area contributed by atoms with Crippen molar-refractivity contribution in [3.05, 3.63) is 65.2 Å². The lowest BCUT2D eigenvalue weighted by molar-refractivity contribution is 0.236. The van der Waals surface area contributed by atoms with Crippen molar-refractivity contribution in [2.75, 3.05) is 7.05 Å². The Hall–Kier alpha value is -2.20. The van der Waals surface area contributed by atoms with E-state index < -0.39 is 0 Å². The van der Waals surface area contributed by atoms with Crippen LogP contribution in [-0.2, 0) is 19.4 Å². The minimum absolute atomic E-state index is 0.234. The standard InChI is InChI=1S/C18H18FN3/c1-22(15-8-12-4-2-3-5-13(12)9-15)11-18-20-16-7-6-14(19)10-17(16)21-18/h2-7,10,15H,8-9,11H2,1H3,(H,20,21). The monoisotopic (exact) mass is 295 g/mol. The van der Waals surface area contributed by atoms with Gasteiger partial charge in [-0.2, -0.15) is 0 Å². The van der Waals surface area contributed by atoms with Gasteiger partial charge in [-0.1, -0.05) is 24.3 Å². The van der Waals surface area contributed by atoms with Gasteiger partial charge in [-0.3, -0.25) is 4.90 Å². The highest BCUT2D eigenvalue weighted by molar-refractivity contribution is 5.74. The van der Waals surface area contributed by atoms with Gasteiger partial charge >= 0.3 is 0 Å². The fourth-order valence-electron chi connectivity index (χ4n) is 3.32. The molecule has 0 radical (unpaired) electrons. The summed E-state index contributed by atoms with van der Waals surface area (Å²) >= 11 is 0. The van der Waals surface area contributed by atoms with Gasteiger partial charge in [0.2, 0.25) is 0 Å². The molecule has 3 aromatic rings. The van der Waals surface area contributed by atoms with Crippen molar-refractivity contribution in [2.24, 2.45) is 0 Å². The van der Waals surface area contributed by atoms with Crippen molar-refractivity contribution in [3.8, 4) is 0 Å². The summed E-state index contributed by atoms with van der Waals surface area (Å²) in [4.78, 5) is 10.1. The molecule has 4 rings (SSSR count). The van der Waals surface area contributed by atoms with Crippen LogP contribution >= 0.6 is 0 Å². The van der Waals surface area contributed by atoms with Crippen LogP contribution < -0.4 is 0 Å². The lowest BCUT2D eigenvalue weighted by atomic mass is 10.1. The van der Waals surface area contributed by atoms with Crippen molar-refractivity contribution in [1.29, 1.82) is 0 Å². The number of hydrogen-bond donors (Lipinski definition) is 1. The fraction of sp³-hybridized carbons (Fsp3) is 0.278. The number of hydrogen-bond acceptors (Lipinski definition) is 2. The topological polar surface area (TPSA) is 31.9 Å². The van der Waals surface area contributed by atoms with Gasteiger partial charge in [-0.05, 0) is 49.2 Å². The molecule has 4 heteroatoms. The summed E-state index contributed by atoms with van der Waals surface area (Å²) in [6.07, 6.45) is 2.17. The highest BCUT2D eigenvalue weighted by atomic mass is 19.1. The summed E-state index contributed by atoms with van der Waals surface area (Å²) in [6, 6.07) is 13.8. The Morgan fingerprint density at radius 3 is 2.64 bits per heavy atom. The van der Waals surface area contributed by atoms with E-state index in [2.05, 4.69) is 46.2 Å². The average molecular weight is 295 g/mol. The summed E-state index contributed by atoms with van der Waals surface area (Å²) in [6.45, 7) is 0.745. The van der Waals surface area contributed by atoms with Crippen LogP contribution in [0.15, 0.2) is 42.5 Å². The first-order valence-corrected chi connectivity index (χ1v) is 7.60. The molecule has 22 heavy (non-hydrogen) atoms. The van der Waals surface area contributed by atoms with Gasteiger partial charge < -0.3 is 4.98 Å². The van der Waals surface area contributed by atoms with Crippen LogP contribution in [0.1, 0.15) is 17.0 Å². The summed E-state index contributed by atoms with van der Waals surface area (Å²) in [5, 5.41) is 0. The van der Waals surface area contributed by atoms with Crippen molar-refractivity contribution in [3.63, 3.8) is 0 Å². The van der Waals surface area contributed by atoms with Crippen LogP contribution in [-0.4, -0.2) is 28.0 Å². The zero-order valence-corrected chi connectivity index (χ0v) is 12.5. The minimum Gasteiger partial charge on any atom is -0.341 e. The van der Waals surface area contributed by atoms with E-state index in [4.69, 9.17) is 0 Å². The van der Waals surface area contributed by atoms with Crippen LogP contribution in [0.2, 0.25) is 0 Å². The summed E-state index contributed by atoms with van der Waals surface area (Å²) in [5.41, 5.74) is 4.48. The average Bonchev–Trinajstić information content (AvgIpc) is 3.09. The maximum absolute atomic E-state index is 13.2. The molecule has 1 aliphatic rings. The van der Waals surface area contributed by atoms with Gasteiger partial charge in [0.1, 0.15) is 11.6 Å². The van der Waals surface area contributed by atoms with E-state index in [9.17, 15) is 4.39 Å². The molecule has 3 nitrogen and oxygen atoms in total. The molecule has 0 atom stereocenters. The van der Waals surface area contributed by atoms with Gasteiger partial charge in [-0.15, -0.1) is 0 Å². The number of benzene rings is 2. The number of imidazole rings is 1. The molecule has 1 N–H and O–H groups in total. The number of aromatic amines is 1. The molecule has 0 aliphatic heterocycles. The zero-order chi connectivity index (χ0) is 15.1. The second-order valence-electron chi connectivity index (χ2n) is 6.09. The first-order valence-electron chi connectivity index (χ1n) is 7.60. The molecule has 1 aliphatic carbocycles. The fourth-order valence-corrected chi connectivity index (χ4v) is 3.32. The third-order valence-corrected chi connectivity index (χ3v) is 4.54. The van der Waals surface area contributed by atoms with E-state index in [0.29, 0.717) is 6.04 Å². The molecule has 1 aromatic heterocycles. The smallest absolute Gasteiger partial charge is 0.125 e. The van der Waals surface area contributed by atoms with Gasteiger partial charge in [0.25, 0.3) is 0 Å².